The number of anilines is 1. The summed E-state index contributed by atoms with van der Waals surface area (Å²) in [6.45, 7) is 9.92. The molecule has 3 rings (SSSR count). The number of rotatable bonds is 9. The number of piperazine rings is 1. The first kappa shape index (κ1) is 22.1. The first-order chi connectivity index (χ1) is 14.4. The first-order valence-electron chi connectivity index (χ1n) is 10.2. The van der Waals surface area contributed by atoms with Crippen LogP contribution < -0.4 is 5.32 Å². The van der Waals surface area contributed by atoms with Crippen molar-refractivity contribution in [3.63, 3.8) is 0 Å². The minimum absolute atomic E-state index is 0.162. The van der Waals surface area contributed by atoms with E-state index in [0.717, 1.165) is 39.0 Å². The number of aryl methyl sites for hydroxylation is 1. The summed E-state index contributed by atoms with van der Waals surface area (Å²) in [5, 5.41) is 12.7. The molecule has 1 amide bonds. The van der Waals surface area contributed by atoms with Gasteiger partial charge in [0.05, 0.1) is 12.6 Å². The zero-order valence-corrected chi connectivity index (χ0v) is 17.3. The number of aliphatic hydroxyl groups is 1. The lowest BCUT2D eigenvalue weighted by Crippen LogP contribution is -2.48. The number of nitrogens with zero attached hydrogens (tertiary/aromatic N) is 3. The van der Waals surface area contributed by atoms with Crippen LogP contribution in [-0.2, 0) is 6.54 Å². The number of aromatic nitrogens is 1. The molecule has 1 fully saturated rings. The molecule has 1 aliphatic heterocycles. The highest BCUT2D eigenvalue weighted by Gasteiger charge is 2.21. The summed E-state index contributed by atoms with van der Waals surface area (Å²) in [4.78, 5) is 21.0. The van der Waals surface area contributed by atoms with Gasteiger partial charge in [0.1, 0.15) is 12.1 Å². The van der Waals surface area contributed by atoms with Gasteiger partial charge in [-0.25, -0.2) is 9.37 Å². The molecule has 0 unspecified atom stereocenters. The van der Waals surface area contributed by atoms with Crippen molar-refractivity contribution in [2.45, 2.75) is 32.4 Å². The van der Waals surface area contributed by atoms with Gasteiger partial charge in [-0.15, -0.1) is 6.58 Å². The van der Waals surface area contributed by atoms with Crippen molar-refractivity contribution in [1.29, 1.82) is 0 Å². The molecule has 1 atom stereocenters. The Morgan fingerprint density at radius 1 is 1.37 bits per heavy atom. The van der Waals surface area contributed by atoms with Crippen LogP contribution in [0.2, 0.25) is 0 Å². The number of β-amino-alcohol motifs (C(OH)–C–C–N with tert-alkyl or cyclic N) is 1. The van der Waals surface area contributed by atoms with Crippen molar-refractivity contribution in [3.05, 3.63) is 60.1 Å². The second-order valence-corrected chi connectivity index (χ2v) is 7.64. The Labute approximate surface area is 176 Å². The lowest BCUT2D eigenvalue weighted by molar-refractivity contribution is 0.0642. The van der Waals surface area contributed by atoms with Gasteiger partial charge in [-0.3, -0.25) is 14.6 Å². The summed E-state index contributed by atoms with van der Waals surface area (Å²) in [6.07, 6.45) is 4.37. The van der Waals surface area contributed by atoms with E-state index in [-0.39, 0.29) is 17.6 Å². The van der Waals surface area contributed by atoms with Crippen LogP contribution in [0.5, 0.6) is 0 Å². The van der Waals surface area contributed by atoms with E-state index >= 15 is 0 Å². The van der Waals surface area contributed by atoms with Crippen molar-refractivity contribution < 1.29 is 18.7 Å². The van der Waals surface area contributed by atoms with E-state index in [2.05, 4.69) is 26.7 Å². The largest absolute Gasteiger partial charge is 0.447 e. The standard InChI is InChI=1S/C22H29FN4O3/c1-3-4-5-18(28)13-26-8-10-27(11-9-26)14-21-25-20(15-30-21)22(29)24-17-7-6-16(2)19(23)12-17/h3,6-7,12,15,18,28H,1,4-5,8-11,13-14H2,2H3,(H,24,29)/t18-/m1/s1. The number of halogens is 1. The van der Waals surface area contributed by atoms with Gasteiger partial charge in [-0.1, -0.05) is 12.1 Å². The van der Waals surface area contributed by atoms with Gasteiger partial charge in [0.25, 0.3) is 5.91 Å². The summed E-state index contributed by atoms with van der Waals surface area (Å²) in [5.74, 6) is -0.345. The quantitative estimate of drug-likeness (QED) is 0.612. The molecule has 30 heavy (non-hydrogen) atoms. The number of carbonyl (C=O) groups excluding carboxylic acids is 1. The molecule has 0 bridgehead atoms. The third kappa shape index (κ3) is 6.22. The number of benzene rings is 1. The average Bonchev–Trinajstić information content (AvgIpc) is 3.19. The van der Waals surface area contributed by atoms with E-state index in [1.54, 1.807) is 19.1 Å². The Kier molecular flexibility index (Phi) is 7.73. The Balaban J connectivity index is 1.46. The highest BCUT2D eigenvalue weighted by Crippen LogP contribution is 2.15. The molecule has 0 aliphatic carbocycles. The summed E-state index contributed by atoms with van der Waals surface area (Å²) >= 11 is 0. The fraction of sp³-hybridized carbons (Fsp3) is 0.455. The zero-order chi connectivity index (χ0) is 21.5. The van der Waals surface area contributed by atoms with Gasteiger partial charge < -0.3 is 14.8 Å². The lowest BCUT2D eigenvalue weighted by Gasteiger charge is -2.34. The maximum Gasteiger partial charge on any atom is 0.277 e. The van der Waals surface area contributed by atoms with Crippen LogP contribution in [0, 0.1) is 12.7 Å². The van der Waals surface area contributed by atoms with E-state index in [1.807, 2.05) is 6.08 Å². The van der Waals surface area contributed by atoms with Crippen LogP contribution in [0.3, 0.4) is 0 Å². The molecule has 1 aromatic heterocycles. The zero-order valence-electron chi connectivity index (χ0n) is 17.3. The molecular formula is C22H29FN4O3. The van der Waals surface area contributed by atoms with Crippen LogP contribution >= 0.6 is 0 Å². The van der Waals surface area contributed by atoms with Crippen LogP contribution in [0.4, 0.5) is 10.1 Å². The van der Waals surface area contributed by atoms with Crippen LogP contribution in [0.1, 0.15) is 34.8 Å². The molecule has 2 aromatic rings. The second kappa shape index (κ2) is 10.5. The lowest BCUT2D eigenvalue weighted by atomic mass is 10.1. The number of amides is 1. The van der Waals surface area contributed by atoms with Gasteiger partial charge >= 0.3 is 0 Å². The van der Waals surface area contributed by atoms with Gasteiger partial charge in [0.15, 0.2) is 5.69 Å². The van der Waals surface area contributed by atoms with Crippen molar-refractivity contribution in [2.24, 2.45) is 0 Å². The number of nitrogens with one attached hydrogen (secondary N) is 1. The maximum absolute atomic E-state index is 13.6. The van der Waals surface area contributed by atoms with E-state index in [1.165, 1.54) is 12.3 Å². The number of hydrogen-bond donors (Lipinski definition) is 2. The van der Waals surface area contributed by atoms with Gasteiger partial charge in [-0.05, 0) is 37.5 Å². The summed E-state index contributed by atoms with van der Waals surface area (Å²) in [7, 11) is 0. The van der Waals surface area contributed by atoms with Crippen molar-refractivity contribution in [2.75, 3.05) is 38.0 Å². The predicted octanol–water partition coefficient (Wildman–Crippen LogP) is 2.82. The SMILES string of the molecule is C=CCC[C@@H](O)CN1CCN(Cc2nc(C(=O)Nc3ccc(C)c(F)c3)co2)CC1. The molecule has 2 heterocycles. The third-order valence-corrected chi connectivity index (χ3v) is 5.21. The summed E-state index contributed by atoms with van der Waals surface area (Å²) < 4.78 is 19.1. The molecule has 7 nitrogen and oxygen atoms in total. The maximum atomic E-state index is 13.6. The summed E-state index contributed by atoms with van der Waals surface area (Å²) in [5.41, 5.74) is 1.05. The van der Waals surface area contributed by atoms with Gasteiger partial charge in [0, 0.05) is 38.4 Å². The summed E-state index contributed by atoms with van der Waals surface area (Å²) in [6, 6.07) is 4.53. The van der Waals surface area contributed by atoms with Crippen molar-refractivity contribution in [3.8, 4) is 0 Å². The van der Waals surface area contributed by atoms with Crippen LogP contribution in [-0.4, -0.2) is 64.6 Å². The number of oxazole rings is 1. The number of carbonyl (C=O) groups is 1. The Morgan fingerprint density at radius 3 is 2.80 bits per heavy atom. The first-order valence-corrected chi connectivity index (χ1v) is 10.2. The molecule has 1 aromatic carbocycles. The normalized spacial score (nSPS) is 16.4. The van der Waals surface area contributed by atoms with Crippen molar-refractivity contribution in [1.82, 2.24) is 14.8 Å². The second-order valence-electron chi connectivity index (χ2n) is 7.64. The average molecular weight is 416 g/mol. The van der Waals surface area contributed by atoms with Gasteiger partial charge in [-0.2, -0.15) is 0 Å². The van der Waals surface area contributed by atoms with E-state index in [4.69, 9.17) is 4.42 Å². The fourth-order valence-electron chi connectivity index (χ4n) is 3.37. The monoisotopic (exact) mass is 416 g/mol. The Morgan fingerprint density at radius 2 is 2.10 bits per heavy atom. The number of aliphatic hydroxyl groups excluding tert-OH is 1. The molecule has 1 aliphatic rings. The Bertz CT molecular complexity index is 862. The Hall–Kier alpha value is -2.55. The fourth-order valence-corrected chi connectivity index (χ4v) is 3.37. The third-order valence-electron chi connectivity index (χ3n) is 5.21. The van der Waals surface area contributed by atoms with E-state index in [9.17, 15) is 14.3 Å². The molecule has 162 valence electrons. The molecule has 1 saturated heterocycles. The van der Waals surface area contributed by atoms with E-state index in [0.29, 0.717) is 30.2 Å². The smallest absolute Gasteiger partial charge is 0.277 e. The number of allylic oxidation sites excluding steroid dienone is 1. The molecule has 0 radical (unpaired) electrons. The minimum atomic E-state index is -0.438. The van der Waals surface area contributed by atoms with Crippen LogP contribution in [0.25, 0.3) is 0 Å². The highest BCUT2D eigenvalue weighted by atomic mass is 19.1. The molecule has 0 saturated carbocycles. The van der Waals surface area contributed by atoms with Crippen LogP contribution in [0.15, 0.2) is 41.5 Å². The van der Waals surface area contributed by atoms with Gasteiger partial charge in [0.2, 0.25) is 5.89 Å². The molecule has 0 spiro atoms. The predicted molar refractivity (Wildman–Crippen MR) is 113 cm³/mol. The highest BCUT2D eigenvalue weighted by molar-refractivity contribution is 6.02. The molecular weight excluding hydrogens is 387 g/mol. The number of hydrogen-bond acceptors (Lipinski definition) is 6. The van der Waals surface area contributed by atoms with E-state index < -0.39 is 5.91 Å². The topological polar surface area (TPSA) is 81.8 Å². The molecule has 2 N–H and O–H groups in total. The minimum Gasteiger partial charge on any atom is -0.447 e. The molecule has 8 heteroatoms. The van der Waals surface area contributed by atoms with Crippen molar-refractivity contribution >= 4 is 11.6 Å².